The van der Waals surface area contributed by atoms with E-state index in [0.29, 0.717) is 18.2 Å². The highest BCUT2D eigenvalue weighted by Gasteiger charge is 2.18. The Balaban J connectivity index is 1.57. The Morgan fingerprint density at radius 3 is 2.53 bits per heavy atom. The van der Waals surface area contributed by atoms with Crippen molar-refractivity contribution in [3.63, 3.8) is 0 Å². The topological polar surface area (TPSA) is 80.3 Å². The molecule has 1 atom stereocenters. The number of nitrogens with zero attached hydrogens (tertiary/aromatic N) is 1. The van der Waals surface area contributed by atoms with Crippen molar-refractivity contribution in [3.05, 3.63) is 53.9 Å². The highest BCUT2D eigenvalue weighted by Crippen LogP contribution is 2.29. The van der Waals surface area contributed by atoms with E-state index in [1.165, 1.54) is 23.1 Å². The summed E-state index contributed by atoms with van der Waals surface area (Å²) in [4.78, 5) is 30.4. The van der Waals surface area contributed by atoms with E-state index in [2.05, 4.69) is 15.6 Å². The maximum atomic E-state index is 12.7. The highest BCUT2D eigenvalue weighted by atomic mass is 32.2. The molecular formula is C26H31N3O3S2. The van der Waals surface area contributed by atoms with Crippen LogP contribution in [-0.2, 0) is 9.59 Å². The summed E-state index contributed by atoms with van der Waals surface area (Å²) in [5.74, 6) is 0.672. The number of thiazole rings is 1. The summed E-state index contributed by atoms with van der Waals surface area (Å²) >= 11 is 2.83. The molecule has 0 fully saturated rings. The third-order valence-electron chi connectivity index (χ3n) is 4.69. The molecule has 6 nitrogen and oxygen atoms in total. The smallest absolute Gasteiger partial charge is 0.239 e. The maximum absolute atomic E-state index is 12.7. The second-order valence-electron chi connectivity index (χ2n) is 9.06. The number of thioether (sulfide) groups is 1. The van der Waals surface area contributed by atoms with Crippen molar-refractivity contribution in [2.24, 2.45) is 5.41 Å². The molecule has 3 aromatic rings. The summed E-state index contributed by atoms with van der Waals surface area (Å²) in [6, 6.07) is 15.3. The number of nitrogens with one attached hydrogen (secondary N) is 2. The van der Waals surface area contributed by atoms with E-state index >= 15 is 0 Å². The van der Waals surface area contributed by atoms with Crippen LogP contribution in [0.5, 0.6) is 5.75 Å². The predicted octanol–water partition coefficient (Wildman–Crippen LogP) is 6.70. The van der Waals surface area contributed by atoms with Crippen molar-refractivity contribution in [1.82, 2.24) is 4.98 Å². The van der Waals surface area contributed by atoms with E-state index in [-0.39, 0.29) is 22.5 Å². The molecule has 3 rings (SSSR count). The molecule has 8 heteroatoms. The number of aromatic nitrogens is 1. The molecule has 1 heterocycles. The fourth-order valence-electron chi connectivity index (χ4n) is 3.15. The van der Waals surface area contributed by atoms with Crippen LogP contribution in [0, 0.1) is 5.41 Å². The van der Waals surface area contributed by atoms with Crippen molar-refractivity contribution in [2.45, 2.75) is 51.2 Å². The molecule has 2 amide bonds. The van der Waals surface area contributed by atoms with Gasteiger partial charge in [0.1, 0.15) is 5.75 Å². The normalized spacial score (nSPS) is 12.1. The van der Waals surface area contributed by atoms with Gasteiger partial charge in [0.15, 0.2) is 5.13 Å². The Hall–Kier alpha value is -2.84. The van der Waals surface area contributed by atoms with Gasteiger partial charge in [0.2, 0.25) is 11.8 Å². The number of rotatable bonds is 9. The second-order valence-corrected chi connectivity index (χ2v) is 11.3. The molecule has 0 saturated carbocycles. The van der Waals surface area contributed by atoms with Gasteiger partial charge in [0.05, 0.1) is 17.6 Å². The number of ether oxygens (including phenoxy) is 1. The van der Waals surface area contributed by atoms with Crippen molar-refractivity contribution < 1.29 is 14.3 Å². The Bertz CT molecular complexity index is 1120. The van der Waals surface area contributed by atoms with Gasteiger partial charge in [-0.15, -0.1) is 23.1 Å². The number of carbonyl (C=O) groups is 2. The zero-order valence-corrected chi connectivity index (χ0v) is 21.8. The van der Waals surface area contributed by atoms with Gasteiger partial charge in [-0.2, -0.15) is 0 Å². The lowest BCUT2D eigenvalue weighted by Crippen LogP contribution is -2.22. The fraction of sp³-hybridized carbons (Fsp3) is 0.346. The summed E-state index contributed by atoms with van der Waals surface area (Å²) in [5, 5.41) is 8.00. The lowest BCUT2D eigenvalue weighted by Gasteiger charge is -2.17. The molecule has 0 saturated heterocycles. The molecule has 0 aliphatic carbocycles. The average Bonchev–Trinajstić information content (AvgIpc) is 3.21. The van der Waals surface area contributed by atoms with E-state index in [4.69, 9.17) is 4.74 Å². The van der Waals surface area contributed by atoms with Gasteiger partial charge in [-0.3, -0.25) is 9.59 Å². The number of carbonyl (C=O) groups excluding carboxylic acids is 2. The van der Waals surface area contributed by atoms with Gasteiger partial charge in [-0.1, -0.05) is 26.8 Å². The van der Waals surface area contributed by atoms with Crippen molar-refractivity contribution in [1.29, 1.82) is 0 Å². The first-order valence-corrected chi connectivity index (χ1v) is 12.9. The number of hydrogen-bond donors (Lipinski definition) is 2. The van der Waals surface area contributed by atoms with Gasteiger partial charge in [-0.25, -0.2) is 4.98 Å². The summed E-state index contributed by atoms with van der Waals surface area (Å²) in [6.45, 7) is 10.5. The number of hydrogen-bond acceptors (Lipinski definition) is 6. The Kier molecular flexibility index (Phi) is 8.74. The minimum absolute atomic E-state index is 0.0208. The quantitative estimate of drug-likeness (QED) is 0.321. The molecule has 2 aromatic carbocycles. The second kappa shape index (κ2) is 11.5. The summed E-state index contributed by atoms with van der Waals surface area (Å²) in [7, 11) is 0. The van der Waals surface area contributed by atoms with E-state index in [1.807, 2.05) is 88.5 Å². The molecule has 0 spiro atoms. The van der Waals surface area contributed by atoms with Crippen LogP contribution in [0.1, 0.15) is 41.0 Å². The lowest BCUT2D eigenvalue weighted by atomic mass is 9.92. The molecule has 0 bridgehead atoms. The first-order chi connectivity index (χ1) is 16.1. The molecular weight excluding hydrogens is 466 g/mol. The summed E-state index contributed by atoms with van der Waals surface area (Å²) in [6.07, 6.45) is 0.440. The van der Waals surface area contributed by atoms with E-state index < -0.39 is 0 Å². The molecule has 1 aromatic heterocycles. The van der Waals surface area contributed by atoms with Crippen LogP contribution in [0.25, 0.3) is 11.3 Å². The van der Waals surface area contributed by atoms with Gasteiger partial charge in [-0.05, 0) is 61.7 Å². The van der Waals surface area contributed by atoms with Gasteiger partial charge in [0.25, 0.3) is 0 Å². The molecule has 0 radical (unpaired) electrons. The number of amides is 2. The Morgan fingerprint density at radius 2 is 1.85 bits per heavy atom. The van der Waals surface area contributed by atoms with E-state index in [1.54, 1.807) is 0 Å². The van der Waals surface area contributed by atoms with Crippen molar-refractivity contribution in [3.8, 4) is 17.0 Å². The zero-order chi connectivity index (χ0) is 24.7. The first-order valence-electron chi connectivity index (χ1n) is 11.2. The van der Waals surface area contributed by atoms with Crippen molar-refractivity contribution >= 4 is 45.7 Å². The Labute approximate surface area is 209 Å². The molecule has 34 heavy (non-hydrogen) atoms. The molecule has 1 unspecified atom stereocenters. The summed E-state index contributed by atoms with van der Waals surface area (Å²) < 4.78 is 5.48. The predicted molar refractivity (Wildman–Crippen MR) is 142 cm³/mol. The first kappa shape index (κ1) is 25.8. The van der Waals surface area contributed by atoms with Gasteiger partial charge in [0, 0.05) is 27.9 Å². The average molecular weight is 498 g/mol. The van der Waals surface area contributed by atoms with E-state index in [9.17, 15) is 9.59 Å². The third-order valence-corrected chi connectivity index (χ3v) is 6.54. The summed E-state index contributed by atoms with van der Waals surface area (Å²) in [5.41, 5.74) is 2.42. The van der Waals surface area contributed by atoms with Gasteiger partial charge < -0.3 is 15.4 Å². The fourth-order valence-corrected chi connectivity index (χ4v) is 4.80. The van der Waals surface area contributed by atoms with Crippen molar-refractivity contribution in [2.75, 3.05) is 17.2 Å². The highest BCUT2D eigenvalue weighted by molar-refractivity contribution is 8.00. The third kappa shape index (κ3) is 7.88. The SMILES string of the molecule is CCOc1ccc(-c2csc(NC(=O)C(C)Sc3cccc(NC(=O)CC(C)(C)C)c3)n2)cc1. The lowest BCUT2D eigenvalue weighted by molar-refractivity contribution is -0.118. The molecule has 2 N–H and O–H groups in total. The number of anilines is 2. The van der Waals surface area contributed by atoms with Crippen LogP contribution in [0.2, 0.25) is 0 Å². The standard InChI is InChI=1S/C26H31N3O3S2/c1-6-32-20-12-10-18(11-13-20)22-16-33-25(28-22)29-24(31)17(2)34-21-9-7-8-19(14-21)27-23(30)15-26(3,4)5/h7-14,16-17H,6,15H2,1-5H3,(H,27,30)(H,28,29,31). The Morgan fingerprint density at radius 1 is 1.12 bits per heavy atom. The largest absolute Gasteiger partial charge is 0.494 e. The van der Waals surface area contributed by atoms with E-state index in [0.717, 1.165) is 27.6 Å². The monoisotopic (exact) mass is 497 g/mol. The van der Waals surface area contributed by atoms with Crippen LogP contribution >= 0.6 is 23.1 Å². The minimum Gasteiger partial charge on any atom is -0.494 e. The van der Waals surface area contributed by atoms with Crippen LogP contribution in [0.3, 0.4) is 0 Å². The zero-order valence-electron chi connectivity index (χ0n) is 20.2. The van der Waals surface area contributed by atoms with Crippen LogP contribution in [0.15, 0.2) is 58.8 Å². The number of benzene rings is 2. The molecule has 0 aliphatic rings. The van der Waals surface area contributed by atoms with Crippen LogP contribution < -0.4 is 15.4 Å². The molecule has 0 aliphatic heterocycles. The minimum atomic E-state index is -0.335. The van der Waals surface area contributed by atoms with Gasteiger partial charge >= 0.3 is 0 Å². The maximum Gasteiger partial charge on any atom is 0.239 e. The van der Waals surface area contributed by atoms with Crippen LogP contribution in [-0.4, -0.2) is 28.7 Å². The molecule has 180 valence electrons. The van der Waals surface area contributed by atoms with Crippen LogP contribution in [0.4, 0.5) is 10.8 Å².